The average molecular weight is 397 g/mol. The fourth-order valence-corrected chi connectivity index (χ4v) is 3.53. The second kappa shape index (κ2) is 9.68. The Hall–Kier alpha value is -2.69. The van der Waals surface area contributed by atoms with Crippen LogP contribution in [-0.2, 0) is 4.79 Å². The highest BCUT2D eigenvalue weighted by Crippen LogP contribution is 2.26. The van der Waals surface area contributed by atoms with Crippen molar-refractivity contribution in [2.75, 3.05) is 18.0 Å². The number of amides is 1. The zero-order valence-corrected chi connectivity index (χ0v) is 17.9. The summed E-state index contributed by atoms with van der Waals surface area (Å²) < 4.78 is 12.0. The fraction of sp³-hybridized carbons (Fsp3) is 0.458. The van der Waals surface area contributed by atoms with Gasteiger partial charge in [-0.15, -0.1) is 0 Å². The molecule has 1 N–H and O–H groups in total. The summed E-state index contributed by atoms with van der Waals surface area (Å²) in [7, 11) is 0. The number of nitrogens with zero attached hydrogens (tertiary/aromatic N) is 1. The Morgan fingerprint density at radius 3 is 2.38 bits per heavy atom. The van der Waals surface area contributed by atoms with Gasteiger partial charge >= 0.3 is 0 Å². The normalized spacial score (nSPS) is 18.2. The smallest absolute Gasteiger partial charge is 0.217 e. The molecule has 0 saturated carbocycles. The van der Waals surface area contributed by atoms with Crippen molar-refractivity contribution in [3.63, 3.8) is 0 Å². The van der Waals surface area contributed by atoms with Gasteiger partial charge in [0.05, 0.1) is 18.7 Å². The van der Waals surface area contributed by atoms with Crippen LogP contribution in [0.4, 0.5) is 5.69 Å². The van der Waals surface area contributed by atoms with E-state index in [0.717, 1.165) is 43.0 Å². The summed E-state index contributed by atoms with van der Waals surface area (Å²) in [6.07, 6.45) is 2.40. The Bertz CT molecular complexity index is 789. The van der Waals surface area contributed by atoms with Crippen molar-refractivity contribution in [2.24, 2.45) is 0 Å². The lowest BCUT2D eigenvalue weighted by Crippen LogP contribution is -2.24. The lowest BCUT2D eigenvalue weighted by atomic mass is 10.1. The first-order valence-electron chi connectivity index (χ1n) is 10.5. The summed E-state index contributed by atoms with van der Waals surface area (Å²) >= 11 is 0. The third-order valence-corrected chi connectivity index (χ3v) is 5.36. The third-order valence-electron chi connectivity index (χ3n) is 5.36. The minimum Gasteiger partial charge on any atom is -0.491 e. The molecule has 0 aliphatic carbocycles. The number of hydrogen-bond acceptors (Lipinski definition) is 4. The summed E-state index contributed by atoms with van der Waals surface area (Å²) in [5.74, 6) is 1.76. The van der Waals surface area contributed by atoms with E-state index in [4.69, 9.17) is 9.47 Å². The molecule has 156 valence electrons. The second-order valence-corrected chi connectivity index (χ2v) is 7.80. The lowest BCUT2D eigenvalue weighted by Gasteiger charge is -2.20. The van der Waals surface area contributed by atoms with Crippen LogP contribution >= 0.6 is 0 Å². The number of carbonyl (C=O) groups is 1. The standard InChI is InChI=1S/C24H32N2O3/c1-5-17(2)28-22-12-8-21(9-13-22)26-15-14-24(16-26)29-23-10-6-20(7-11-23)18(3)25-19(4)27/h6-13,17-18,24H,5,14-16H2,1-4H3,(H,25,27)/t17?,18-,24?/m0/s1. The number of ether oxygens (including phenoxy) is 2. The van der Waals surface area contributed by atoms with Gasteiger partial charge in [-0.2, -0.15) is 0 Å². The highest BCUT2D eigenvalue weighted by molar-refractivity contribution is 5.73. The van der Waals surface area contributed by atoms with Crippen LogP contribution in [0.2, 0.25) is 0 Å². The molecule has 0 radical (unpaired) electrons. The van der Waals surface area contributed by atoms with E-state index >= 15 is 0 Å². The molecule has 0 bridgehead atoms. The Balaban J connectivity index is 1.52. The predicted octanol–water partition coefficient (Wildman–Crippen LogP) is 4.72. The maximum Gasteiger partial charge on any atom is 0.217 e. The fourth-order valence-electron chi connectivity index (χ4n) is 3.53. The quantitative estimate of drug-likeness (QED) is 0.702. The van der Waals surface area contributed by atoms with Gasteiger partial charge in [-0.05, 0) is 62.2 Å². The Morgan fingerprint density at radius 2 is 1.76 bits per heavy atom. The van der Waals surface area contributed by atoms with Crippen LogP contribution in [0, 0.1) is 0 Å². The van der Waals surface area contributed by atoms with Gasteiger partial charge in [0.25, 0.3) is 0 Å². The number of hydrogen-bond donors (Lipinski definition) is 1. The van der Waals surface area contributed by atoms with Gasteiger partial charge in [0.15, 0.2) is 0 Å². The maximum atomic E-state index is 11.2. The van der Waals surface area contributed by atoms with Gasteiger partial charge < -0.3 is 19.7 Å². The first-order chi connectivity index (χ1) is 13.9. The van der Waals surface area contributed by atoms with Crippen LogP contribution < -0.4 is 19.7 Å². The molecule has 1 aliphatic heterocycles. The first kappa shape index (κ1) is 21.0. The minimum absolute atomic E-state index is 0.00390. The number of rotatable bonds is 8. The third kappa shape index (κ3) is 5.89. The van der Waals surface area contributed by atoms with Crippen molar-refractivity contribution >= 4 is 11.6 Å². The van der Waals surface area contributed by atoms with Crippen molar-refractivity contribution in [3.8, 4) is 11.5 Å². The van der Waals surface area contributed by atoms with Gasteiger partial charge in [0.2, 0.25) is 5.91 Å². The van der Waals surface area contributed by atoms with Crippen LogP contribution in [0.3, 0.4) is 0 Å². The van der Waals surface area contributed by atoms with E-state index in [-0.39, 0.29) is 24.2 Å². The highest BCUT2D eigenvalue weighted by Gasteiger charge is 2.24. The van der Waals surface area contributed by atoms with E-state index in [2.05, 4.69) is 36.2 Å². The van der Waals surface area contributed by atoms with Gasteiger partial charge in [-0.1, -0.05) is 19.1 Å². The zero-order valence-electron chi connectivity index (χ0n) is 17.9. The van der Waals surface area contributed by atoms with Crippen LogP contribution in [0.5, 0.6) is 11.5 Å². The van der Waals surface area contributed by atoms with E-state index in [9.17, 15) is 4.79 Å². The second-order valence-electron chi connectivity index (χ2n) is 7.80. The molecule has 29 heavy (non-hydrogen) atoms. The molecule has 2 aromatic carbocycles. The summed E-state index contributed by atoms with van der Waals surface area (Å²) in [4.78, 5) is 13.6. The molecule has 3 rings (SSSR count). The van der Waals surface area contributed by atoms with Crippen LogP contribution in [0.1, 0.15) is 52.1 Å². The molecule has 1 saturated heterocycles. The van der Waals surface area contributed by atoms with Crippen LogP contribution in [0.25, 0.3) is 0 Å². The summed E-state index contributed by atoms with van der Waals surface area (Å²) in [5, 5.41) is 2.90. The molecule has 0 aromatic heterocycles. The van der Waals surface area contributed by atoms with Crippen LogP contribution in [-0.4, -0.2) is 31.2 Å². The summed E-state index contributed by atoms with van der Waals surface area (Å²) in [6.45, 7) is 9.57. The Labute approximate surface area is 174 Å². The van der Waals surface area contributed by atoms with Crippen LogP contribution in [0.15, 0.2) is 48.5 Å². The van der Waals surface area contributed by atoms with E-state index in [1.807, 2.05) is 43.3 Å². The molecular weight excluding hydrogens is 364 g/mol. The van der Waals surface area contributed by atoms with Crippen molar-refractivity contribution in [1.29, 1.82) is 0 Å². The van der Waals surface area contributed by atoms with E-state index < -0.39 is 0 Å². The first-order valence-corrected chi connectivity index (χ1v) is 10.5. The van der Waals surface area contributed by atoms with Gasteiger partial charge in [0, 0.05) is 25.6 Å². The van der Waals surface area contributed by atoms with Crippen molar-refractivity contribution in [1.82, 2.24) is 5.32 Å². The number of benzene rings is 2. The van der Waals surface area contributed by atoms with Gasteiger partial charge in [-0.25, -0.2) is 0 Å². The van der Waals surface area contributed by atoms with E-state index in [0.29, 0.717) is 0 Å². The maximum absolute atomic E-state index is 11.2. The summed E-state index contributed by atoms with van der Waals surface area (Å²) in [6, 6.07) is 16.3. The molecule has 2 aromatic rings. The summed E-state index contributed by atoms with van der Waals surface area (Å²) in [5.41, 5.74) is 2.27. The number of anilines is 1. The molecule has 1 amide bonds. The van der Waals surface area contributed by atoms with Crippen molar-refractivity contribution in [2.45, 2.75) is 58.8 Å². The Morgan fingerprint density at radius 1 is 1.10 bits per heavy atom. The number of carbonyl (C=O) groups excluding carboxylic acids is 1. The van der Waals surface area contributed by atoms with Gasteiger partial charge in [-0.3, -0.25) is 4.79 Å². The molecule has 2 unspecified atom stereocenters. The average Bonchev–Trinajstić information content (AvgIpc) is 3.17. The SMILES string of the molecule is CCC(C)Oc1ccc(N2CCC(Oc3ccc([C@H](C)NC(C)=O)cc3)C2)cc1. The zero-order chi connectivity index (χ0) is 20.8. The molecule has 5 nitrogen and oxygen atoms in total. The van der Waals surface area contributed by atoms with E-state index in [1.165, 1.54) is 12.6 Å². The highest BCUT2D eigenvalue weighted by atomic mass is 16.5. The monoisotopic (exact) mass is 396 g/mol. The van der Waals surface area contributed by atoms with Crippen molar-refractivity contribution in [3.05, 3.63) is 54.1 Å². The predicted molar refractivity (Wildman–Crippen MR) is 117 cm³/mol. The molecule has 5 heteroatoms. The lowest BCUT2D eigenvalue weighted by molar-refractivity contribution is -0.119. The molecular formula is C24H32N2O3. The molecule has 3 atom stereocenters. The van der Waals surface area contributed by atoms with Crippen molar-refractivity contribution < 1.29 is 14.3 Å². The molecule has 1 aliphatic rings. The molecule has 1 heterocycles. The molecule has 0 spiro atoms. The molecule has 1 fully saturated rings. The largest absolute Gasteiger partial charge is 0.491 e. The Kier molecular flexibility index (Phi) is 7.02. The number of nitrogens with one attached hydrogen (secondary N) is 1. The topological polar surface area (TPSA) is 50.8 Å². The minimum atomic E-state index is -0.0247. The van der Waals surface area contributed by atoms with Gasteiger partial charge in [0.1, 0.15) is 17.6 Å². The van der Waals surface area contributed by atoms with E-state index in [1.54, 1.807) is 0 Å².